The van der Waals surface area contributed by atoms with Crippen LogP contribution in [0.2, 0.25) is 5.02 Å². The Morgan fingerprint density at radius 1 is 1.16 bits per heavy atom. The highest BCUT2D eigenvalue weighted by Gasteiger charge is 2.13. The van der Waals surface area contributed by atoms with Crippen molar-refractivity contribution in [3.05, 3.63) is 56.9 Å². The number of hydrogen-bond donors (Lipinski definition) is 0. The van der Waals surface area contributed by atoms with Gasteiger partial charge in [-0.1, -0.05) is 23.7 Å². The smallest absolute Gasteiger partial charge is 0.169 e. The Hall–Kier alpha value is -1.40. The molecule has 0 amide bonds. The molecule has 2 aromatic heterocycles. The summed E-state index contributed by atoms with van der Waals surface area (Å²) in [5, 5.41) is 0.571. The first-order valence-electron chi connectivity index (χ1n) is 5.58. The molecule has 94 valence electrons. The van der Waals surface area contributed by atoms with Gasteiger partial charge in [-0.05, 0) is 46.9 Å². The highest BCUT2D eigenvalue weighted by molar-refractivity contribution is 14.1. The maximum Gasteiger partial charge on any atom is 0.169 e. The van der Waals surface area contributed by atoms with E-state index in [0.29, 0.717) is 22.1 Å². The zero-order valence-corrected chi connectivity index (χ0v) is 12.6. The van der Waals surface area contributed by atoms with Gasteiger partial charge < -0.3 is 0 Å². The quantitative estimate of drug-likeness (QED) is 0.494. The SMILES string of the molecule is O=Cc1c(-c2ccc(I)cc2)nc2ccc(Cl)cn12. The first-order chi connectivity index (χ1) is 9.19. The van der Waals surface area contributed by atoms with Crippen LogP contribution in [0.1, 0.15) is 10.5 Å². The molecule has 19 heavy (non-hydrogen) atoms. The number of imidazole rings is 1. The van der Waals surface area contributed by atoms with E-state index < -0.39 is 0 Å². The number of aromatic nitrogens is 2. The van der Waals surface area contributed by atoms with Gasteiger partial charge in [0.15, 0.2) is 6.29 Å². The monoisotopic (exact) mass is 382 g/mol. The molecule has 3 nitrogen and oxygen atoms in total. The van der Waals surface area contributed by atoms with E-state index >= 15 is 0 Å². The van der Waals surface area contributed by atoms with E-state index in [1.54, 1.807) is 22.7 Å². The van der Waals surface area contributed by atoms with Crippen LogP contribution in [0.25, 0.3) is 16.9 Å². The molecule has 1 aromatic carbocycles. The zero-order valence-electron chi connectivity index (χ0n) is 9.68. The van der Waals surface area contributed by atoms with E-state index in [-0.39, 0.29) is 0 Å². The van der Waals surface area contributed by atoms with Gasteiger partial charge in [0.2, 0.25) is 0 Å². The molecule has 5 heteroatoms. The topological polar surface area (TPSA) is 34.4 Å². The summed E-state index contributed by atoms with van der Waals surface area (Å²) in [6.07, 6.45) is 2.51. The Morgan fingerprint density at radius 3 is 2.58 bits per heavy atom. The lowest BCUT2D eigenvalue weighted by Gasteiger charge is -1.99. The maximum absolute atomic E-state index is 11.3. The molecule has 0 fully saturated rings. The van der Waals surface area contributed by atoms with Crippen LogP contribution in [-0.2, 0) is 0 Å². The van der Waals surface area contributed by atoms with Crippen LogP contribution in [0.4, 0.5) is 0 Å². The molecular weight excluding hydrogens is 375 g/mol. The van der Waals surface area contributed by atoms with Gasteiger partial charge in [-0.3, -0.25) is 9.20 Å². The number of carbonyl (C=O) groups excluding carboxylic acids is 1. The van der Waals surface area contributed by atoms with Gasteiger partial charge in [-0.25, -0.2) is 4.98 Å². The second-order valence-corrected chi connectivity index (χ2v) is 5.73. The lowest BCUT2D eigenvalue weighted by molar-refractivity contribution is 0.111. The average Bonchev–Trinajstić information content (AvgIpc) is 2.77. The van der Waals surface area contributed by atoms with Crippen molar-refractivity contribution in [2.75, 3.05) is 0 Å². The Morgan fingerprint density at radius 2 is 1.89 bits per heavy atom. The Kier molecular flexibility index (Phi) is 3.28. The second kappa shape index (κ2) is 4.94. The fourth-order valence-electron chi connectivity index (χ4n) is 1.97. The molecule has 0 spiro atoms. The number of fused-ring (bicyclic) bond motifs is 1. The van der Waals surface area contributed by atoms with Gasteiger partial charge in [0.05, 0.1) is 5.02 Å². The van der Waals surface area contributed by atoms with Crippen LogP contribution < -0.4 is 0 Å². The van der Waals surface area contributed by atoms with Crippen LogP contribution in [-0.4, -0.2) is 15.7 Å². The molecular formula is C14H8ClIN2O. The van der Waals surface area contributed by atoms with E-state index in [9.17, 15) is 4.79 Å². The number of pyridine rings is 1. The molecule has 3 rings (SSSR count). The Balaban J connectivity index is 2.28. The van der Waals surface area contributed by atoms with Crippen LogP contribution in [0.15, 0.2) is 42.6 Å². The minimum atomic E-state index is 0.513. The van der Waals surface area contributed by atoms with Crippen LogP contribution in [0, 0.1) is 3.57 Å². The number of halogens is 2. The summed E-state index contributed by atoms with van der Waals surface area (Å²) < 4.78 is 2.85. The number of hydrogen-bond acceptors (Lipinski definition) is 2. The van der Waals surface area contributed by atoms with Crippen molar-refractivity contribution >= 4 is 46.1 Å². The van der Waals surface area contributed by atoms with E-state index in [1.165, 1.54) is 0 Å². The van der Waals surface area contributed by atoms with Crippen molar-refractivity contribution in [1.29, 1.82) is 0 Å². The van der Waals surface area contributed by atoms with Gasteiger partial charge in [-0.15, -0.1) is 0 Å². The summed E-state index contributed by atoms with van der Waals surface area (Å²) in [4.78, 5) is 15.8. The van der Waals surface area contributed by atoms with E-state index in [0.717, 1.165) is 15.4 Å². The highest BCUT2D eigenvalue weighted by atomic mass is 127. The molecule has 0 bridgehead atoms. The summed E-state index contributed by atoms with van der Waals surface area (Å²) in [5.74, 6) is 0. The summed E-state index contributed by atoms with van der Waals surface area (Å²) in [7, 11) is 0. The van der Waals surface area contributed by atoms with Crippen molar-refractivity contribution in [3.8, 4) is 11.3 Å². The fourth-order valence-corrected chi connectivity index (χ4v) is 2.49. The molecule has 0 unspecified atom stereocenters. The number of rotatable bonds is 2. The predicted molar refractivity (Wildman–Crippen MR) is 83.7 cm³/mol. The standard InChI is InChI=1S/C14H8ClIN2O/c15-10-3-6-13-17-14(12(8-19)18(13)7-10)9-1-4-11(16)5-2-9/h1-8H. The molecule has 0 aliphatic heterocycles. The summed E-state index contributed by atoms with van der Waals surface area (Å²) in [6.45, 7) is 0. The maximum atomic E-state index is 11.3. The highest BCUT2D eigenvalue weighted by Crippen LogP contribution is 2.25. The minimum absolute atomic E-state index is 0.513. The average molecular weight is 383 g/mol. The number of nitrogens with zero attached hydrogens (tertiary/aromatic N) is 2. The van der Waals surface area contributed by atoms with Crippen LogP contribution in [0.3, 0.4) is 0 Å². The lowest BCUT2D eigenvalue weighted by atomic mass is 10.1. The number of carbonyl (C=O) groups is 1. The molecule has 0 N–H and O–H groups in total. The number of aldehydes is 1. The van der Waals surface area contributed by atoms with Crippen molar-refractivity contribution in [1.82, 2.24) is 9.38 Å². The molecule has 0 aliphatic carbocycles. The Labute approximate surface area is 128 Å². The fraction of sp³-hybridized carbons (Fsp3) is 0. The largest absolute Gasteiger partial charge is 0.296 e. The minimum Gasteiger partial charge on any atom is -0.296 e. The molecule has 0 saturated heterocycles. The third kappa shape index (κ3) is 2.26. The third-order valence-corrected chi connectivity index (χ3v) is 3.79. The lowest BCUT2D eigenvalue weighted by Crippen LogP contribution is -1.92. The molecule has 2 heterocycles. The molecule has 0 radical (unpaired) electrons. The predicted octanol–water partition coefficient (Wildman–Crippen LogP) is 4.07. The summed E-state index contributed by atoms with van der Waals surface area (Å²) >= 11 is 8.20. The van der Waals surface area contributed by atoms with Crippen molar-refractivity contribution < 1.29 is 4.79 Å². The first kappa shape index (κ1) is 12.6. The Bertz CT molecular complexity index is 765. The van der Waals surface area contributed by atoms with Crippen molar-refractivity contribution in [3.63, 3.8) is 0 Å². The van der Waals surface area contributed by atoms with Crippen LogP contribution >= 0.6 is 34.2 Å². The molecule has 3 aromatic rings. The summed E-state index contributed by atoms with van der Waals surface area (Å²) in [5.41, 5.74) is 2.81. The number of benzene rings is 1. The second-order valence-electron chi connectivity index (χ2n) is 4.05. The normalized spacial score (nSPS) is 10.8. The van der Waals surface area contributed by atoms with Crippen LogP contribution in [0.5, 0.6) is 0 Å². The molecule has 0 aliphatic rings. The van der Waals surface area contributed by atoms with Gasteiger partial charge in [0.1, 0.15) is 17.0 Å². The van der Waals surface area contributed by atoms with Gasteiger partial charge in [0, 0.05) is 15.3 Å². The van der Waals surface area contributed by atoms with E-state index in [4.69, 9.17) is 11.6 Å². The first-order valence-corrected chi connectivity index (χ1v) is 7.03. The van der Waals surface area contributed by atoms with Gasteiger partial charge in [-0.2, -0.15) is 0 Å². The zero-order chi connectivity index (χ0) is 13.4. The van der Waals surface area contributed by atoms with Gasteiger partial charge in [0.25, 0.3) is 0 Å². The van der Waals surface area contributed by atoms with E-state index in [2.05, 4.69) is 27.6 Å². The molecule has 0 atom stereocenters. The van der Waals surface area contributed by atoms with Gasteiger partial charge >= 0.3 is 0 Å². The summed E-state index contributed by atoms with van der Waals surface area (Å²) in [6, 6.07) is 11.4. The van der Waals surface area contributed by atoms with E-state index in [1.807, 2.05) is 24.3 Å². The molecule has 0 saturated carbocycles. The third-order valence-electron chi connectivity index (χ3n) is 2.85. The van der Waals surface area contributed by atoms with Crippen molar-refractivity contribution in [2.45, 2.75) is 0 Å². The van der Waals surface area contributed by atoms with Crippen molar-refractivity contribution in [2.24, 2.45) is 0 Å².